The zero-order chi connectivity index (χ0) is 18.4. The molecule has 2 rings (SSSR count). The van der Waals surface area contributed by atoms with Crippen molar-refractivity contribution in [2.75, 3.05) is 13.1 Å². The molecule has 0 saturated heterocycles. The fourth-order valence-electron chi connectivity index (χ4n) is 2.06. The predicted octanol–water partition coefficient (Wildman–Crippen LogP) is 0.832. The van der Waals surface area contributed by atoms with Crippen LogP contribution < -0.4 is 51.4 Å². The van der Waals surface area contributed by atoms with Gasteiger partial charge in [-0.15, -0.1) is 5.11 Å². The van der Waals surface area contributed by atoms with E-state index in [2.05, 4.69) is 25.0 Å². The Morgan fingerprint density at radius 1 is 1.04 bits per heavy atom. The van der Waals surface area contributed by atoms with Crippen LogP contribution in [0.2, 0.25) is 0 Å². The molecule has 1 heterocycles. The van der Waals surface area contributed by atoms with Gasteiger partial charge in [0.2, 0.25) is 10.0 Å². The zero-order valence-electron chi connectivity index (χ0n) is 15.7. The largest absolute Gasteiger partial charge is 1.00 e. The first-order valence-electron chi connectivity index (χ1n) is 7.91. The van der Waals surface area contributed by atoms with Gasteiger partial charge in [-0.05, 0) is 63.3 Å². The SMILES string of the molecule is CCN(CC)N=Nc1ccc(S(=O)(=O)[N-]c2nc(C)cc(C)n2)cc1.[K+]. The van der Waals surface area contributed by atoms with E-state index < -0.39 is 10.0 Å². The molecular weight excluding hydrogens is 379 g/mol. The third-order valence-electron chi connectivity index (χ3n) is 3.32. The van der Waals surface area contributed by atoms with Gasteiger partial charge in [0.15, 0.2) is 0 Å². The Balaban J connectivity index is 0.00000338. The smallest absolute Gasteiger partial charge is 0.363 e. The van der Waals surface area contributed by atoms with Crippen molar-refractivity contribution >= 4 is 21.7 Å². The summed E-state index contributed by atoms with van der Waals surface area (Å²) in [5, 5.41) is 9.94. The number of benzene rings is 1. The van der Waals surface area contributed by atoms with E-state index in [1.807, 2.05) is 13.8 Å². The molecule has 0 spiro atoms. The monoisotopic (exact) mass is 400 g/mol. The second kappa shape index (κ2) is 10.4. The van der Waals surface area contributed by atoms with Crippen molar-refractivity contribution in [3.63, 3.8) is 0 Å². The minimum Gasteiger partial charge on any atom is -0.363 e. The molecule has 26 heavy (non-hydrogen) atoms. The molecule has 134 valence electrons. The van der Waals surface area contributed by atoms with Crippen LogP contribution in [0.25, 0.3) is 4.72 Å². The normalized spacial score (nSPS) is 11.2. The van der Waals surface area contributed by atoms with Crippen LogP contribution in [0.15, 0.2) is 45.6 Å². The molecule has 0 unspecified atom stereocenters. The van der Waals surface area contributed by atoms with E-state index in [9.17, 15) is 8.42 Å². The maximum Gasteiger partial charge on any atom is 1.00 e. The zero-order valence-corrected chi connectivity index (χ0v) is 19.6. The second-order valence-corrected chi connectivity index (χ2v) is 6.94. The number of sulfonamides is 1. The molecule has 8 nitrogen and oxygen atoms in total. The summed E-state index contributed by atoms with van der Waals surface area (Å²) < 4.78 is 28.5. The van der Waals surface area contributed by atoms with Crippen molar-refractivity contribution in [2.24, 2.45) is 10.3 Å². The molecule has 0 aliphatic heterocycles. The average Bonchev–Trinajstić information content (AvgIpc) is 2.55. The fourth-order valence-corrected chi connectivity index (χ4v) is 2.94. The Kier molecular flexibility index (Phi) is 9.28. The molecule has 0 radical (unpaired) electrons. The summed E-state index contributed by atoms with van der Waals surface area (Å²) in [7, 11) is -3.89. The summed E-state index contributed by atoms with van der Waals surface area (Å²) in [6.07, 6.45) is 0. The first kappa shape index (κ1) is 23.1. The van der Waals surface area contributed by atoms with Gasteiger partial charge in [0.05, 0.1) is 10.6 Å². The molecule has 2 aromatic rings. The Hall–Kier alpha value is -0.914. The summed E-state index contributed by atoms with van der Waals surface area (Å²) in [5.74, 6) is -0.0669. The van der Waals surface area contributed by atoms with Crippen molar-refractivity contribution in [1.29, 1.82) is 0 Å². The molecule has 0 aliphatic rings. The van der Waals surface area contributed by atoms with Crippen LogP contribution in [0, 0.1) is 13.8 Å². The topological polar surface area (TPSA) is 102 Å². The number of nitrogens with zero attached hydrogens (tertiary/aromatic N) is 6. The molecule has 1 aromatic heterocycles. The van der Waals surface area contributed by atoms with Crippen LogP contribution in [0.4, 0.5) is 11.6 Å². The van der Waals surface area contributed by atoms with Crippen molar-refractivity contribution in [2.45, 2.75) is 32.6 Å². The molecule has 0 saturated carbocycles. The van der Waals surface area contributed by atoms with Crippen LogP contribution in [0.3, 0.4) is 0 Å². The average molecular weight is 401 g/mol. The van der Waals surface area contributed by atoms with E-state index in [0.717, 1.165) is 13.1 Å². The standard InChI is InChI=1S/C16H21N6O2S.K/c1-5-22(6-2)21-19-14-7-9-15(10-8-14)25(23,24)20-16-17-12(3)11-13(4)18-16;/h7-11H,5-6H2,1-4H3;/q-1;+1. The molecular formula is C16H21KN6O2S. The molecule has 10 heteroatoms. The number of hydrogen-bond acceptors (Lipinski definition) is 6. The van der Waals surface area contributed by atoms with Gasteiger partial charge in [0, 0.05) is 19.0 Å². The van der Waals surface area contributed by atoms with Crippen molar-refractivity contribution < 1.29 is 59.8 Å². The van der Waals surface area contributed by atoms with Gasteiger partial charge in [-0.1, -0.05) is 11.3 Å². The van der Waals surface area contributed by atoms with Crippen LogP contribution in [-0.4, -0.2) is 36.5 Å². The van der Waals surface area contributed by atoms with Gasteiger partial charge < -0.3 is 9.97 Å². The summed E-state index contributed by atoms with van der Waals surface area (Å²) in [5.41, 5.74) is 1.88. The van der Waals surface area contributed by atoms with E-state index in [-0.39, 0.29) is 62.2 Å². The molecule has 0 fully saturated rings. The van der Waals surface area contributed by atoms with Crippen molar-refractivity contribution in [3.8, 4) is 0 Å². The predicted molar refractivity (Wildman–Crippen MR) is 95.6 cm³/mol. The van der Waals surface area contributed by atoms with Crippen LogP contribution >= 0.6 is 0 Å². The van der Waals surface area contributed by atoms with E-state index in [4.69, 9.17) is 0 Å². The van der Waals surface area contributed by atoms with Gasteiger partial charge in [-0.3, -0.25) is 9.73 Å². The Morgan fingerprint density at radius 3 is 2.08 bits per heavy atom. The number of rotatable bonds is 7. The molecule has 1 aromatic carbocycles. The van der Waals surface area contributed by atoms with Gasteiger partial charge in [-0.2, -0.15) is 0 Å². The third kappa shape index (κ3) is 6.67. The van der Waals surface area contributed by atoms with Crippen LogP contribution in [-0.2, 0) is 10.0 Å². The fraction of sp³-hybridized carbons (Fsp3) is 0.375. The third-order valence-corrected chi connectivity index (χ3v) is 4.60. The Morgan fingerprint density at radius 2 is 1.58 bits per heavy atom. The number of aryl methyl sites for hydroxylation is 2. The van der Waals surface area contributed by atoms with Crippen LogP contribution in [0.1, 0.15) is 25.2 Å². The second-order valence-electron chi connectivity index (χ2n) is 5.34. The minimum atomic E-state index is -3.89. The first-order chi connectivity index (χ1) is 11.8. The summed E-state index contributed by atoms with van der Waals surface area (Å²) >= 11 is 0. The van der Waals surface area contributed by atoms with E-state index >= 15 is 0 Å². The summed E-state index contributed by atoms with van der Waals surface area (Å²) in [6.45, 7) is 8.98. The van der Waals surface area contributed by atoms with E-state index in [0.29, 0.717) is 17.1 Å². The molecule has 0 aliphatic carbocycles. The van der Waals surface area contributed by atoms with Crippen molar-refractivity contribution in [3.05, 3.63) is 46.4 Å². The Bertz CT molecular complexity index is 831. The first-order valence-corrected chi connectivity index (χ1v) is 9.35. The molecule has 0 amide bonds. The molecule has 0 atom stereocenters. The number of hydrogen-bond donors (Lipinski definition) is 0. The summed E-state index contributed by atoms with van der Waals surface area (Å²) in [6, 6.07) is 7.80. The van der Waals surface area contributed by atoms with E-state index in [1.165, 1.54) is 12.1 Å². The maximum atomic E-state index is 12.4. The quantitative estimate of drug-likeness (QED) is 0.389. The van der Waals surface area contributed by atoms with Crippen molar-refractivity contribution in [1.82, 2.24) is 15.0 Å². The minimum absolute atomic E-state index is 0. The van der Waals surface area contributed by atoms with E-state index in [1.54, 1.807) is 37.1 Å². The summed E-state index contributed by atoms with van der Waals surface area (Å²) in [4.78, 5) is 8.12. The van der Waals surface area contributed by atoms with Gasteiger partial charge >= 0.3 is 51.4 Å². The molecule has 0 bridgehead atoms. The Labute approximate surface area is 197 Å². The van der Waals surface area contributed by atoms with Crippen LogP contribution in [0.5, 0.6) is 0 Å². The molecule has 0 N–H and O–H groups in total. The van der Waals surface area contributed by atoms with Gasteiger partial charge in [0.1, 0.15) is 0 Å². The van der Waals surface area contributed by atoms with Gasteiger partial charge in [-0.25, -0.2) is 8.42 Å². The van der Waals surface area contributed by atoms with Gasteiger partial charge in [0.25, 0.3) is 0 Å². The maximum absolute atomic E-state index is 12.4. The number of aromatic nitrogens is 2.